The summed E-state index contributed by atoms with van der Waals surface area (Å²) in [6.07, 6.45) is -4.19. The summed E-state index contributed by atoms with van der Waals surface area (Å²) < 4.78 is 52.9. The van der Waals surface area contributed by atoms with Crippen LogP contribution in [0.1, 0.15) is 20.8 Å². The number of hydrogen-bond acceptors (Lipinski definition) is 2. The molecule has 15 heavy (non-hydrogen) atoms. The quantitative estimate of drug-likeness (QED) is 0.679. The fourth-order valence-electron chi connectivity index (χ4n) is 0.777. The van der Waals surface area contributed by atoms with E-state index in [9.17, 15) is 17.6 Å². The molecule has 0 radical (unpaired) electrons. The molecule has 0 fully saturated rings. The molecule has 0 spiro atoms. The van der Waals surface area contributed by atoms with Gasteiger partial charge in [-0.15, -0.1) is 0 Å². The lowest BCUT2D eigenvalue weighted by atomic mass is 10.3. The Morgan fingerprint density at radius 3 is 2.13 bits per heavy atom. The first-order valence-electron chi connectivity index (χ1n) is 4.76. The first-order valence-corrected chi connectivity index (χ1v) is 4.76. The van der Waals surface area contributed by atoms with E-state index in [-0.39, 0.29) is 6.04 Å². The summed E-state index contributed by atoms with van der Waals surface area (Å²) in [7, 11) is 0. The van der Waals surface area contributed by atoms with Crippen molar-refractivity contribution in [3.63, 3.8) is 0 Å². The first-order chi connectivity index (χ1) is 6.75. The van der Waals surface area contributed by atoms with Crippen LogP contribution in [-0.4, -0.2) is 37.6 Å². The van der Waals surface area contributed by atoms with Gasteiger partial charge in [0.1, 0.15) is 6.61 Å². The zero-order chi connectivity index (χ0) is 12.1. The van der Waals surface area contributed by atoms with Crippen molar-refractivity contribution in [3.05, 3.63) is 0 Å². The topological polar surface area (TPSA) is 21.3 Å². The highest BCUT2D eigenvalue weighted by atomic mass is 19.3. The third kappa shape index (κ3) is 6.67. The van der Waals surface area contributed by atoms with Gasteiger partial charge in [-0.3, -0.25) is 0 Å². The van der Waals surface area contributed by atoms with E-state index in [1.807, 2.05) is 13.8 Å². The van der Waals surface area contributed by atoms with Gasteiger partial charge in [0.25, 0.3) is 0 Å². The maximum Gasteiger partial charge on any atom is 0.330 e. The van der Waals surface area contributed by atoms with Crippen LogP contribution in [0.3, 0.4) is 0 Å². The van der Waals surface area contributed by atoms with Gasteiger partial charge in [-0.2, -0.15) is 8.78 Å². The second-order valence-electron chi connectivity index (χ2n) is 3.75. The van der Waals surface area contributed by atoms with Crippen molar-refractivity contribution in [3.8, 4) is 0 Å². The molecule has 2 nitrogen and oxygen atoms in total. The molecule has 1 unspecified atom stereocenters. The molecule has 0 heterocycles. The van der Waals surface area contributed by atoms with Crippen LogP contribution < -0.4 is 5.32 Å². The van der Waals surface area contributed by atoms with Crippen LogP contribution in [0.5, 0.6) is 0 Å². The summed E-state index contributed by atoms with van der Waals surface area (Å²) in [6.45, 7) is 4.44. The summed E-state index contributed by atoms with van der Waals surface area (Å²) in [6, 6.07) is 0.201. The number of alkyl halides is 4. The maximum absolute atomic E-state index is 12.4. The van der Waals surface area contributed by atoms with Crippen LogP contribution in [0.2, 0.25) is 0 Å². The third-order valence-corrected chi connectivity index (χ3v) is 1.69. The van der Waals surface area contributed by atoms with Gasteiger partial charge in [0.15, 0.2) is 0 Å². The fourth-order valence-corrected chi connectivity index (χ4v) is 0.777. The molecule has 0 bridgehead atoms. The Kier molecular flexibility index (Phi) is 6.12. The van der Waals surface area contributed by atoms with E-state index in [2.05, 4.69) is 10.1 Å². The molecule has 0 aromatic carbocycles. The monoisotopic (exact) mass is 231 g/mol. The molecule has 0 aromatic rings. The van der Waals surface area contributed by atoms with Crippen molar-refractivity contribution in [1.82, 2.24) is 5.32 Å². The Hall–Kier alpha value is -0.360. The van der Waals surface area contributed by atoms with Crippen molar-refractivity contribution in [2.45, 2.75) is 45.3 Å². The molecule has 92 valence electrons. The van der Waals surface area contributed by atoms with E-state index in [1.54, 1.807) is 6.92 Å². The Morgan fingerprint density at radius 1 is 1.20 bits per heavy atom. The highest BCUT2D eigenvalue weighted by Crippen LogP contribution is 2.23. The largest absolute Gasteiger partial charge is 0.371 e. The van der Waals surface area contributed by atoms with E-state index in [1.165, 1.54) is 0 Å². The van der Waals surface area contributed by atoms with Crippen molar-refractivity contribution in [2.24, 2.45) is 0 Å². The molecule has 1 atom stereocenters. The van der Waals surface area contributed by atoms with Crippen LogP contribution in [-0.2, 0) is 4.74 Å². The zero-order valence-corrected chi connectivity index (χ0v) is 9.07. The van der Waals surface area contributed by atoms with Gasteiger partial charge >= 0.3 is 12.3 Å². The molecule has 1 N–H and O–H groups in total. The Balaban J connectivity index is 3.75. The summed E-state index contributed by atoms with van der Waals surface area (Å²) in [4.78, 5) is 0. The molecular formula is C9H17F4NO. The molecule has 6 heteroatoms. The summed E-state index contributed by atoms with van der Waals surface area (Å²) in [5, 5.41) is 2.95. The number of ether oxygens (including phenoxy) is 1. The maximum atomic E-state index is 12.4. The van der Waals surface area contributed by atoms with Crippen LogP contribution in [0, 0.1) is 0 Å². The third-order valence-electron chi connectivity index (χ3n) is 1.69. The molecular weight excluding hydrogens is 214 g/mol. The smallest absolute Gasteiger partial charge is 0.330 e. The average molecular weight is 231 g/mol. The number of nitrogens with one attached hydrogen (secondary N) is 1. The van der Waals surface area contributed by atoms with Gasteiger partial charge in [0.05, 0.1) is 6.10 Å². The second kappa shape index (κ2) is 6.27. The minimum atomic E-state index is -4.06. The van der Waals surface area contributed by atoms with Crippen molar-refractivity contribution in [1.29, 1.82) is 0 Å². The van der Waals surface area contributed by atoms with Crippen LogP contribution in [0.15, 0.2) is 0 Å². The highest BCUT2D eigenvalue weighted by Gasteiger charge is 2.41. The van der Waals surface area contributed by atoms with E-state index in [0.717, 1.165) is 0 Å². The van der Waals surface area contributed by atoms with Crippen LogP contribution >= 0.6 is 0 Å². The van der Waals surface area contributed by atoms with E-state index in [0.29, 0.717) is 6.54 Å². The predicted octanol–water partition coefficient (Wildman–Crippen LogP) is 2.29. The molecule has 0 saturated carbocycles. The first kappa shape index (κ1) is 14.6. The zero-order valence-electron chi connectivity index (χ0n) is 9.07. The fraction of sp³-hybridized carbons (Fsp3) is 1.00. The predicted molar refractivity (Wildman–Crippen MR) is 49.5 cm³/mol. The minimum Gasteiger partial charge on any atom is -0.371 e. The summed E-state index contributed by atoms with van der Waals surface area (Å²) >= 11 is 0. The molecule has 0 aliphatic heterocycles. The SMILES string of the molecule is CC(C)NCC(C)OCC(F)(F)C(F)F. The average Bonchev–Trinajstić information content (AvgIpc) is 2.11. The van der Waals surface area contributed by atoms with Crippen LogP contribution in [0.4, 0.5) is 17.6 Å². The molecule has 0 amide bonds. The van der Waals surface area contributed by atoms with Crippen LogP contribution in [0.25, 0.3) is 0 Å². The van der Waals surface area contributed by atoms with Crippen molar-refractivity contribution in [2.75, 3.05) is 13.2 Å². The lowest BCUT2D eigenvalue weighted by molar-refractivity contribution is -0.174. The van der Waals surface area contributed by atoms with Gasteiger partial charge in [0.2, 0.25) is 0 Å². The van der Waals surface area contributed by atoms with Gasteiger partial charge in [-0.05, 0) is 6.92 Å². The molecule has 0 saturated heterocycles. The van der Waals surface area contributed by atoms with Gasteiger partial charge in [-0.25, -0.2) is 8.78 Å². The minimum absolute atomic E-state index is 0.201. The Bertz CT molecular complexity index is 175. The van der Waals surface area contributed by atoms with Gasteiger partial charge in [-0.1, -0.05) is 13.8 Å². The lowest BCUT2D eigenvalue weighted by Gasteiger charge is -2.20. The van der Waals surface area contributed by atoms with E-state index in [4.69, 9.17) is 0 Å². The van der Waals surface area contributed by atoms with E-state index < -0.39 is 25.1 Å². The number of rotatable bonds is 7. The number of hydrogen-bond donors (Lipinski definition) is 1. The normalized spacial score (nSPS) is 15.0. The molecule has 0 rings (SSSR count). The lowest BCUT2D eigenvalue weighted by Crippen LogP contribution is -2.37. The molecule has 0 aromatic heterocycles. The summed E-state index contributed by atoms with van der Waals surface area (Å²) in [5.74, 6) is -4.06. The standard InChI is InChI=1S/C9H17F4NO/c1-6(2)14-4-7(3)15-5-9(12,13)8(10)11/h6-8,14H,4-5H2,1-3H3. The van der Waals surface area contributed by atoms with Crippen molar-refractivity contribution >= 4 is 0 Å². The van der Waals surface area contributed by atoms with Gasteiger partial charge < -0.3 is 10.1 Å². The number of halogens is 4. The highest BCUT2D eigenvalue weighted by molar-refractivity contribution is 4.69. The summed E-state index contributed by atoms with van der Waals surface area (Å²) in [5.41, 5.74) is 0. The second-order valence-corrected chi connectivity index (χ2v) is 3.75. The molecule has 0 aliphatic rings. The Morgan fingerprint density at radius 2 is 1.73 bits per heavy atom. The van der Waals surface area contributed by atoms with Crippen molar-refractivity contribution < 1.29 is 22.3 Å². The molecule has 0 aliphatic carbocycles. The van der Waals surface area contributed by atoms with E-state index >= 15 is 0 Å². The Labute approximate surface area is 87.0 Å². The van der Waals surface area contributed by atoms with Gasteiger partial charge in [0, 0.05) is 12.6 Å².